The molecule has 0 atom stereocenters. The number of anilines is 1. The standard InChI is InChI=1S/C8H12F3N3OS/c1-2-14(4-3-5-15)7-12-6(13-16-7)8(9,10)11/h15H,2-5H2,1H3. The molecule has 0 aliphatic heterocycles. The predicted octanol–water partition coefficient (Wildman–Crippen LogP) is 1.77. The maximum Gasteiger partial charge on any atom is 0.452 e. The van der Waals surface area contributed by atoms with Gasteiger partial charge in [0.05, 0.1) is 0 Å². The van der Waals surface area contributed by atoms with Gasteiger partial charge in [0, 0.05) is 31.2 Å². The molecule has 1 aromatic heterocycles. The normalized spacial score (nSPS) is 11.8. The van der Waals surface area contributed by atoms with Crippen molar-refractivity contribution < 1.29 is 18.3 Å². The van der Waals surface area contributed by atoms with E-state index >= 15 is 0 Å². The second kappa shape index (κ2) is 5.44. The minimum atomic E-state index is -4.49. The van der Waals surface area contributed by atoms with Gasteiger partial charge in [-0.3, -0.25) is 0 Å². The second-order valence-electron chi connectivity index (χ2n) is 3.06. The second-order valence-corrected chi connectivity index (χ2v) is 3.79. The van der Waals surface area contributed by atoms with E-state index < -0.39 is 12.0 Å². The van der Waals surface area contributed by atoms with Crippen molar-refractivity contribution in [2.45, 2.75) is 19.5 Å². The summed E-state index contributed by atoms with van der Waals surface area (Å²) in [4.78, 5) is 5.09. The van der Waals surface area contributed by atoms with Crippen molar-refractivity contribution in [3.63, 3.8) is 0 Å². The van der Waals surface area contributed by atoms with Gasteiger partial charge in [-0.05, 0) is 13.3 Å². The van der Waals surface area contributed by atoms with E-state index in [1.54, 1.807) is 4.90 Å². The maximum atomic E-state index is 12.2. The highest BCUT2D eigenvalue weighted by Crippen LogP contribution is 2.30. The number of aliphatic hydroxyl groups excluding tert-OH is 1. The van der Waals surface area contributed by atoms with Gasteiger partial charge in [0.15, 0.2) is 0 Å². The molecule has 0 bridgehead atoms. The lowest BCUT2D eigenvalue weighted by atomic mass is 10.4. The van der Waals surface area contributed by atoms with Crippen LogP contribution in [0.1, 0.15) is 19.2 Å². The van der Waals surface area contributed by atoms with Crippen LogP contribution < -0.4 is 4.90 Å². The lowest BCUT2D eigenvalue weighted by molar-refractivity contribution is -0.144. The third kappa shape index (κ3) is 3.31. The highest BCUT2D eigenvalue weighted by atomic mass is 32.1. The molecule has 0 radical (unpaired) electrons. The van der Waals surface area contributed by atoms with E-state index in [0.29, 0.717) is 19.5 Å². The summed E-state index contributed by atoms with van der Waals surface area (Å²) in [5.74, 6) is -1.10. The van der Waals surface area contributed by atoms with Crippen molar-refractivity contribution in [2.75, 3.05) is 24.6 Å². The number of aromatic nitrogens is 2. The molecule has 4 nitrogen and oxygen atoms in total. The Balaban J connectivity index is 2.75. The van der Waals surface area contributed by atoms with Crippen LogP contribution in [0.15, 0.2) is 0 Å². The zero-order valence-electron chi connectivity index (χ0n) is 8.66. The van der Waals surface area contributed by atoms with Crippen LogP contribution >= 0.6 is 11.5 Å². The van der Waals surface area contributed by atoms with E-state index in [-0.39, 0.29) is 11.7 Å². The van der Waals surface area contributed by atoms with Gasteiger partial charge < -0.3 is 10.0 Å². The summed E-state index contributed by atoms with van der Waals surface area (Å²) in [6.07, 6.45) is -4.00. The van der Waals surface area contributed by atoms with Crippen LogP contribution in [0, 0.1) is 0 Å². The van der Waals surface area contributed by atoms with E-state index in [1.165, 1.54) is 0 Å². The van der Waals surface area contributed by atoms with Crippen LogP contribution in [0.3, 0.4) is 0 Å². The number of rotatable bonds is 5. The fourth-order valence-electron chi connectivity index (χ4n) is 1.11. The molecule has 1 rings (SSSR count). The average Bonchev–Trinajstić information content (AvgIpc) is 2.68. The highest BCUT2D eigenvalue weighted by Gasteiger charge is 2.36. The largest absolute Gasteiger partial charge is 0.452 e. The smallest absolute Gasteiger partial charge is 0.396 e. The molecule has 0 spiro atoms. The van der Waals surface area contributed by atoms with Crippen LogP contribution in [0.2, 0.25) is 0 Å². The molecule has 0 saturated carbocycles. The summed E-state index contributed by atoms with van der Waals surface area (Å²) in [5, 5.41) is 8.89. The Kier molecular flexibility index (Phi) is 4.48. The monoisotopic (exact) mass is 255 g/mol. The summed E-state index contributed by atoms with van der Waals surface area (Å²) >= 11 is 0.723. The van der Waals surface area contributed by atoms with E-state index in [2.05, 4.69) is 9.36 Å². The zero-order chi connectivity index (χ0) is 12.2. The fourth-order valence-corrected chi connectivity index (χ4v) is 1.89. The minimum absolute atomic E-state index is 0.00142. The van der Waals surface area contributed by atoms with Crippen LogP contribution in [0.5, 0.6) is 0 Å². The van der Waals surface area contributed by atoms with Crippen LogP contribution in [-0.2, 0) is 6.18 Å². The Morgan fingerprint density at radius 3 is 2.56 bits per heavy atom. The summed E-state index contributed by atoms with van der Waals surface area (Å²) in [7, 11) is 0. The average molecular weight is 255 g/mol. The van der Waals surface area contributed by atoms with E-state index in [9.17, 15) is 13.2 Å². The molecule has 0 aliphatic carbocycles. The summed E-state index contributed by atoms with van der Waals surface area (Å²) in [6, 6.07) is 0. The third-order valence-corrected chi connectivity index (χ3v) is 2.68. The SMILES string of the molecule is CCN(CCCO)c1nc(C(F)(F)F)ns1. The molecule has 16 heavy (non-hydrogen) atoms. The van der Waals surface area contributed by atoms with Crippen molar-refractivity contribution in [2.24, 2.45) is 0 Å². The first-order valence-corrected chi connectivity index (χ1v) is 5.53. The van der Waals surface area contributed by atoms with Gasteiger partial charge in [-0.2, -0.15) is 22.5 Å². The van der Waals surface area contributed by atoms with Gasteiger partial charge in [0.25, 0.3) is 0 Å². The molecule has 92 valence electrons. The summed E-state index contributed by atoms with van der Waals surface area (Å²) in [6.45, 7) is 2.82. The van der Waals surface area contributed by atoms with Crippen LogP contribution in [0.4, 0.5) is 18.3 Å². The molecule has 1 N–H and O–H groups in total. The van der Waals surface area contributed by atoms with Gasteiger partial charge in [0.1, 0.15) is 0 Å². The van der Waals surface area contributed by atoms with Gasteiger partial charge in [0.2, 0.25) is 11.0 Å². The topological polar surface area (TPSA) is 49.2 Å². The number of aliphatic hydroxyl groups is 1. The zero-order valence-corrected chi connectivity index (χ0v) is 9.48. The highest BCUT2D eigenvalue weighted by molar-refractivity contribution is 7.09. The molecular weight excluding hydrogens is 243 g/mol. The van der Waals surface area contributed by atoms with Crippen LogP contribution in [-0.4, -0.2) is 34.2 Å². The van der Waals surface area contributed by atoms with E-state index in [4.69, 9.17) is 5.11 Å². The van der Waals surface area contributed by atoms with Gasteiger partial charge >= 0.3 is 6.18 Å². The molecule has 0 amide bonds. The molecule has 0 saturated heterocycles. The fraction of sp³-hybridized carbons (Fsp3) is 0.750. The minimum Gasteiger partial charge on any atom is -0.396 e. The van der Waals surface area contributed by atoms with Gasteiger partial charge in [-0.1, -0.05) is 0 Å². The number of hydrogen-bond acceptors (Lipinski definition) is 5. The predicted molar refractivity (Wildman–Crippen MR) is 54.5 cm³/mol. The van der Waals surface area contributed by atoms with E-state index in [0.717, 1.165) is 11.5 Å². The molecular formula is C8H12F3N3OS. The quantitative estimate of drug-likeness (QED) is 0.871. The van der Waals surface area contributed by atoms with Crippen molar-refractivity contribution in [1.29, 1.82) is 0 Å². The van der Waals surface area contributed by atoms with E-state index in [1.807, 2.05) is 6.92 Å². The summed E-state index contributed by atoms with van der Waals surface area (Å²) < 4.78 is 40.0. The molecule has 0 aliphatic rings. The van der Waals surface area contributed by atoms with Crippen molar-refractivity contribution in [3.05, 3.63) is 5.82 Å². The molecule has 0 aromatic carbocycles. The number of hydrogen-bond donors (Lipinski definition) is 1. The molecule has 1 aromatic rings. The molecule has 1 heterocycles. The molecule has 0 fully saturated rings. The first-order chi connectivity index (χ1) is 7.49. The summed E-state index contributed by atoms with van der Waals surface area (Å²) in [5.41, 5.74) is 0. The Hall–Kier alpha value is -0.890. The number of halogens is 3. The Bertz CT molecular complexity index is 329. The molecule has 8 heteroatoms. The van der Waals surface area contributed by atoms with Crippen molar-refractivity contribution >= 4 is 16.7 Å². The number of nitrogens with zero attached hydrogens (tertiary/aromatic N) is 3. The Morgan fingerprint density at radius 2 is 2.12 bits per heavy atom. The third-order valence-electron chi connectivity index (χ3n) is 1.91. The number of alkyl halides is 3. The first-order valence-electron chi connectivity index (χ1n) is 4.75. The van der Waals surface area contributed by atoms with Crippen LogP contribution in [0.25, 0.3) is 0 Å². The Labute approximate surface area is 94.9 Å². The first kappa shape index (κ1) is 13.2. The molecule has 0 unspecified atom stereocenters. The maximum absolute atomic E-state index is 12.2. The van der Waals surface area contributed by atoms with Gasteiger partial charge in [-0.25, -0.2) is 0 Å². The van der Waals surface area contributed by atoms with Gasteiger partial charge in [-0.15, -0.1) is 0 Å². The van der Waals surface area contributed by atoms with Crippen molar-refractivity contribution in [3.8, 4) is 0 Å². The van der Waals surface area contributed by atoms with Crippen molar-refractivity contribution in [1.82, 2.24) is 9.36 Å². The lowest BCUT2D eigenvalue weighted by Crippen LogP contribution is -2.24. The lowest BCUT2D eigenvalue weighted by Gasteiger charge is -2.18. The Morgan fingerprint density at radius 1 is 1.44 bits per heavy atom.